The molecule has 0 aliphatic carbocycles. The molecule has 0 saturated carbocycles. The summed E-state index contributed by atoms with van der Waals surface area (Å²) in [6, 6.07) is 10.0. The van der Waals surface area contributed by atoms with Gasteiger partial charge < -0.3 is 14.6 Å². The summed E-state index contributed by atoms with van der Waals surface area (Å²) in [7, 11) is 1.53. The smallest absolute Gasteiger partial charge is 0.338 e. The van der Waals surface area contributed by atoms with Crippen molar-refractivity contribution >= 4 is 29.1 Å². The highest BCUT2D eigenvalue weighted by molar-refractivity contribution is 7.07. The second-order valence-electron chi connectivity index (χ2n) is 8.26. The van der Waals surface area contributed by atoms with E-state index in [0.717, 1.165) is 17.4 Å². The summed E-state index contributed by atoms with van der Waals surface area (Å²) in [5, 5.41) is 23.7. The van der Waals surface area contributed by atoms with Crippen molar-refractivity contribution in [1.82, 2.24) is 4.57 Å². The molecule has 1 aliphatic heterocycles. The number of rotatable bonds is 6. The molecule has 1 atom stereocenters. The number of hydrogen-bond donors (Lipinski definition) is 0. The maximum Gasteiger partial charge on any atom is 0.338 e. The number of nitro groups is 1. The van der Waals surface area contributed by atoms with E-state index in [1.54, 1.807) is 45.0 Å². The van der Waals surface area contributed by atoms with Crippen LogP contribution in [0.4, 0.5) is 5.69 Å². The molecule has 36 heavy (non-hydrogen) atoms. The number of allylic oxidation sites excluding steroid dienone is 1. The Morgan fingerprint density at radius 3 is 2.53 bits per heavy atom. The molecule has 186 valence electrons. The molecule has 0 spiro atoms. The molecule has 1 aliphatic rings. The number of esters is 1. The number of carbonyl (C=O) groups is 1. The summed E-state index contributed by atoms with van der Waals surface area (Å²) in [5.74, 6) is -0.786. The molecule has 2 heterocycles. The van der Waals surface area contributed by atoms with Gasteiger partial charge in [-0.1, -0.05) is 35.6 Å². The first kappa shape index (κ1) is 24.9. The number of nitrogens with zero attached hydrogens (tertiary/aromatic N) is 3. The molecule has 0 saturated heterocycles. The molecule has 0 radical (unpaired) electrons. The Morgan fingerprint density at radius 2 is 1.92 bits per heavy atom. The number of para-hydroxylation sites is 1. The third-order valence-corrected chi connectivity index (χ3v) is 6.51. The van der Waals surface area contributed by atoms with Crippen molar-refractivity contribution in [2.24, 2.45) is 4.99 Å². The van der Waals surface area contributed by atoms with Crippen molar-refractivity contribution in [3.63, 3.8) is 0 Å². The van der Waals surface area contributed by atoms with E-state index in [1.165, 1.54) is 29.9 Å². The largest absolute Gasteiger partial charge is 0.867 e. The zero-order valence-electron chi connectivity index (χ0n) is 19.9. The lowest BCUT2D eigenvalue weighted by molar-refractivity contribution is -0.398. The molecule has 0 fully saturated rings. The Labute approximate surface area is 209 Å². The second-order valence-corrected chi connectivity index (χ2v) is 9.27. The number of ether oxygens (including phenoxy) is 2. The normalized spacial score (nSPS) is 15.5. The van der Waals surface area contributed by atoms with Crippen molar-refractivity contribution in [2.75, 3.05) is 7.11 Å². The van der Waals surface area contributed by atoms with Gasteiger partial charge in [0.25, 0.3) is 11.2 Å². The van der Waals surface area contributed by atoms with Gasteiger partial charge in [0.15, 0.2) is 4.80 Å². The van der Waals surface area contributed by atoms with Crippen molar-refractivity contribution in [2.45, 2.75) is 32.9 Å². The monoisotopic (exact) mass is 508 g/mol. The molecule has 0 amide bonds. The van der Waals surface area contributed by atoms with Gasteiger partial charge in [0.05, 0.1) is 40.0 Å². The SMILES string of the molecule is COc1ccc([C@H]2C(C(=O)OC(C)C)=C(C)N=c3s/c(=C/c4cccc([N+](=O)[O-])c4[O-])c(=O)n32)cc1. The zero-order chi connectivity index (χ0) is 26.1. The molecular weight excluding hydrogens is 486 g/mol. The lowest BCUT2D eigenvalue weighted by atomic mass is 9.96. The summed E-state index contributed by atoms with van der Waals surface area (Å²) < 4.78 is 12.2. The van der Waals surface area contributed by atoms with Crippen molar-refractivity contribution < 1.29 is 24.3 Å². The fourth-order valence-electron chi connectivity index (χ4n) is 3.90. The molecule has 0 bridgehead atoms. The number of benzene rings is 2. The minimum absolute atomic E-state index is 0.00520. The molecule has 2 aromatic carbocycles. The number of hydrogen-bond acceptors (Lipinski definition) is 9. The van der Waals surface area contributed by atoms with Crippen LogP contribution in [0.5, 0.6) is 11.5 Å². The van der Waals surface area contributed by atoms with Crippen molar-refractivity contribution in [3.8, 4) is 11.5 Å². The van der Waals surface area contributed by atoms with E-state index in [0.29, 0.717) is 21.8 Å². The standard InChI is InChI=1S/C25H23N3O7S/c1-13(2)35-24(31)20-14(3)26-25-27(21(20)15-8-10-17(34-4)11-9-15)23(30)19(36-25)12-16-6-5-7-18(22(16)29)28(32)33/h5-13,21,29H,1-4H3/p-1/b19-12+/t21-/m0/s1. The average molecular weight is 509 g/mol. The van der Waals surface area contributed by atoms with Gasteiger partial charge in [-0.25, -0.2) is 9.79 Å². The van der Waals surface area contributed by atoms with Crippen LogP contribution in [-0.2, 0) is 9.53 Å². The third kappa shape index (κ3) is 4.52. The lowest BCUT2D eigenvalue weighted by Crippen LogP contribution is -2.40. The first-order valence-electron chi connectivity index (χ1n) is 10.9. The van der Waals surface area contributed by atoms with Gasteiger partial charge in [-0.15, -0.1) is 0 Å². The van der Waals surface area contributed by atoms with E-state index in [2.05, 4.69) is 4.99 Å². The van der Waals surface area contributed by atoms with Crippen LogP contribution in [0.15, 0.2) is 63.5 Å². The number of methoxy groups -OCH3 is 1. The van der Waals surface area contributed by atoms with Crippen LogP contribution < -0.4 is 24.7 Å². The van der Waals surface area contributed by atoms with E-state index in [4.69, 9.17) is 9.47 Å². The molecule has 0 unspecified atom stereocenters. The van der Waals surface area contributed by atoms with Crippen molar-refractivity contribution in [1.29, 1.82) is 0 Å². The van der Waals surface area contributed by atoms with Gasteiger partial charge in [-0.05, 0) is 55.9 Å². The van der Waals surface area contributed by atoms with Gasteiger partial charge in [-0.3, -0.25) is 19.5 Å². The molecule has 11 heteroatoms. The van der Waals surface area contributed by atoms with E-state index < -0.39 is 33.9 Å². The predicted molar refractivity (Wildman–Crippen MR) is 131 cm³/mol. The van der Waals surface area contributed by atoms with Crippen LogP contribution in [-0.4, -0.2) is 28.7 Å². The van der Waals surface area contributed by atoms with Gasteiger partial charge in [0.2, 0.25) is 0 Å². The van der Waals surface area contributed by atoms with Gasteiger partial charge in [0, 0.05) is 6.07 Å². The van der Waals surface area contributed by atoms with Crippen LogP contribution in [0.3, 0.4) is 0 Å². The van der Waals surface area contributed by atoms with Gasteiger partial charge in [0.1, 0.15) is 5.75 Å². The summed E-state index contributed by atoms with van der Waals surface area (Å²) in [4.78, 5) is 41.9. The molecule has 1 aromatic heterocycles. The molecule has 0 N–H and O–H groups in total. The van der Waals surface area contributed by atoms with Gasteiger partial charge in [-0.2, -0.15) is 0 Å². The molecule has 3 aromatic rings. The highest BCUT2D eigenvalue weighted by atomic mass is 32.1. The maximum atomic E-state index is 13.6. The Balaban J connectivity index is 1.95. The number of fused-ring (bicyclic) bond motifs is 1. The highest BCUT2D eigenvalue weighted by Crippen LogP contribution is 2.32. The number of thiazole rings is 1. The van der Waals surface area contributed by atoms with Crippen LogP contribution >= 0.6 is 11.3 Å². The second kappa shape index (κ2) is 9.78. The topological polar surface area (TPSA) is 136 Å². The number of nitro benzene ring substituents is 1. The molecule has 4 rings (SSSR count). The third-order valence-electron chi connectivity index (χ3n) is 5.52. The molecular formula is C25H22N3O7S-. The van der Waals surface area contributed by atoms with Crippen LogP contribution in [0.1, 0.15) is 37.9 Å². The fraction of sp³-hybridized carbons (Fsp3) is 0.240. The van der Waals surface area contributed by atoms with Gasteiger partial charge >= 0.3 is 5.97 Å². The molecule has 10 nitrogen and oxygen atoms in total. The van der Waals surface area contributed by atoms with E-state index >= 15 is 0 Å². The van der Waals surface area contributed by atoms with Crippen molar-refractivity contribution in [3.05, 3.63) is 94.7 Å². The van der Waals surface area contributed by atoms with Crippen LogP contribution in [0.25, 0.3) is 6.08 Å². The Bertz CT molecular complexity index is 1570. The minimum atomic E-state index is -0.836. The zero-order valence-corrected chi connectivity index (χ0v) is 20.7. The fourth-order valence-corrected chi connectivity index (χ4v) is 4.94. The number of aromatic nitrogens is 1. The van der Waals surface area contributed by atoms with E-state index in [-0.39, 0.29) is 21.8 Å². The Morgan fingerprint density at radius 1 is 1.22 bits per heavy atom. The minimum Gasteiger partial charge on any atom is -0.867 e. The van der Waals surface area contributed by atoms with E-state index in [1.807, 2.05) is 0 Å². The quantitative estimate of drug-likeness (QED) is 0.283. The number of carbonyl (C=O) groups excluding carboxylic acids is 1. The maximum absolute atomic E-state index is 13.6. The predicted octanol–water partition coefficient (Wildman–Crippen LogP) is 2.18. The highest BCUT2D eigenvalue weighted by Gasteiger charge is 2.33. The summed E-state index contributed by atoms with van der Waals surface area (Å²) in [6.45, 7) is 5.12. The summed E-state index contributed by atoms with van der Waals surface area (Å²) >= 11 is 1.03. The summed E-state index contributed by atoms with van der Waals surface area (Å²) in [5.41, 5.74) is 0.177. The summed E-state index contributed by atoms with van der Waals surface area (Å²) in [6.07, 6.45) is 0.929. The lowest BCUT2D eigenvalue weighted by Gasteiger charge is -2.25. The van der Waals surface area contributed by atoms with Crippen LogP contribution in [0, 0.1) is 10.1 Å². The first-order valence-corrected chi connectivity index (χ1v) is 11.8. The Hall–Kier alpha value is -4.25. The average Bonchev–Trinajstić information content (AvgIpc) is 3.13. The first-order chi connectivity index (χ1) is 17.1. The van der Waals surface area contributed by atoms with E-state index in [9.17, 15) is 24.8 Å². The van der Waals surface area contributed by atoms with Crippen LogP contribution in [0.2, 0.25) is 0 Å². The Kier molecular flexibility index (Phi) is 6.75.